The van der Waals surface area contributed by atoms with Gasteiger partial charge in [-0.25, -0.2) is 0 Å². The molecule has 6 heteroatoms. The van der Waals surface area contributed by atoms with Gasteiger partial charge in [-0.3, -0.25) is 14.3 Å². The molecule has 1 atom stereocenters. The maximum Gasteiger partial charge on any atom is 0.276 e. The van der Waals surface area contributed by atoms with E-state index in [4.69, 9.17) is 11.6 Å². The quantitative estimate of drug-likeness (QED) is 0.798. The molecule has 0 fully saturated rings. The fourth-order valence-corrected chi connectivity index (χ4v) is 2.56. The van der Waals surface area contributed by atoms with Crippen LogP contribution in [0.2, 0.25) is 5.02 Å². The lowest BCUT2D eigenvalue weighted by atomic mass is 10.1. The predicted molar refractivity (Wildman–Crippen MR) is 75.3 cm³/mol. The fourth-order valence-electron chi connectivity index (χ4n) is 2.43. The molecule has 0 saturated carbocycles. The van der Waals surface area contributed by atoms with E-state index in [0.29, 0.717) is 23.5 Å². The molecule has 1 aliphatic rings. The molecule has 20 heavy (non-hydrogen) atoms. The number of benzene rings is 1. The minimum absolute atomic E-state index is 0.0458. The lowest BCUT2D eigenvalue weighted by molar-refractivity contribution is 0.0946. The van der Waals surface area contributed by atoms with Crippen molar-refractivity contribution >= 4 is 29.5 Å². The number of rotatable bonds is 2. The van der Waals surface area contributed by atoms with Gasteiger partial charge in [0.1, 0.15) is 11.4 Å². The molecule has 0 N–H and O–H groups in total. The lowest BCUT2D eigenvalue weighted by Gasteiger charge is -2.33. The summed E-state index contributed by atoms with van der Waals surface area (Å²) in [5.74, 6) is -0.160. The third-order valence-corrected chi connectivity index (χ3v) is 3.59. The summed E-state index contributed by atoms with van der Waals surface area (Å²) in [5.41, 5.74) is 1.49. The van der Waals surface area contributed by atoms with E-state index in [9.17, 15) is 9.59 Å². The number of halogens is 1. The van der Waals surface area contributed by atoms with Crippen molar-refractivity contribution in [2.24, 2.45) is 0 Å². The maximum absolute atomic E-state index is 12.6. The first-order valence-corrected chi connectivity index (χ1v) is 6.60. The topological polar surface area (TPSA) is 55.2 Å². The standard InChI is InChI=1S/C14H12ClN3O2/c1-9-7-17-13(6-11(8-19)16-17)14(20)18(9)12-4-2-10(15)3-5-12/h2-6,8-9H,7H2,1H3. The van der Waals surface area contributed by atoms with E-state index in [1.807, 2.05) is 19.1 Å². The van der Waals surface area contributed by atoms with E-state index >= 15 is 0 Å². The van der Waals surface area contributed by atoms with Crippen molar-refractivity contribution in [3.8, 4) is 0 Å². The molecule has 2 heterocycles. The van der Waals surface area contributed by atoms with Gasteiger partial charge in [0, 0.05) is 10.7 Å². The Kier molecular flexibility index (Phi) is 3.06. The first-order valence-electron chi connectivity index (χ1n) is 6.22. The number of aldehydes is 1. The number of carbonyl (C=O) groups is 2. The Morgan fingerprint density at radius 3 is 2.70 bits per heavy atom. The van der Waals surface area contributed by atoms with Gasteiger partial charge in [0.2, 0.25) is 0 Å². The number of aromatic nitrogens is 2. The van der Waals surface area contributed by atoms with Gasteiger partial charge in [0.15, 0.2) is 6.29 Å². The summed E-state index contributed by atoms with van der Waals surface area (Å²) in [4.78, 5) is 25.0. The maximum atomic E-state index is 12.6. The van der Waals surface area contributed by atoms with Gasteiger partial charge in [-0.05, 0) is 37.3 Å². The molecule has 0 aliphatic carbocycles. The largest absolute Gasteiger partial charge is 0.302 e. The smallest absolute Gasteiger partial charge is 0.276 e. The van der Waals surface area contributed by atoms with Gasteiger partial charge >= 0.3 is 0 Å². The second kappa shape index (κ2) is 4.76. The summed E-state index contributed by atoms with van der Waals surface area (Å²) < 4.78 is 1.59. The minimum atomic E-state index is -0.160. The van der Waals surface area contributed by atoms with Gasteiger partial charge in [-0.2, -0.15) is 5.10 Å². The van der Waals surface area contributed by atoms with Gasteiger partial charge in [0.25, 0.3) is 5.91 Å². The van der Waals surface area contributed by atoms with Crippen LogP contribution in [0.3, 0.4) is 0 Å². The number of nitrogens with zero attached hydrogens (tertiary/aromatic N) is 3. The van der Waals surface area contributed by atoms with Crippen molar-refractivity contribution in [2.75, 3.05) is 4.90 Å². The highest BCUT2D eigenvalue weighted by Gasteiger charge is 2.32. The molecule has 2 aromatic rings. The fraction of sp³-hybridized carbons (Fsp3) is 0.214. The van der Waals surface area contributed by atoms with Crippen LogP contribution < -0.4 is 4.90 Å². The van der Waals surface area contributed by atoms with E-state index in [1.54, 1.807) is 21.7 Å². The molecule has 0 bridgehead atoms. The van der Waals surface area contributed by atoms with E-state index < -0.39 is 0 Å². The van der Waals surface area contributed by atoms with E-state index in [-0.39, 0.29) is 17.6 Å². The zero-order valence-corrected chi connectivity index (χ0v) is 11.5. The molecular weight excluding hydrogens is 278 g/mol. The van der Waals surface area contributed by atoms with Crippen LogP contribution in [0.1, 0.15) is 27.9 Å². The average Bonchev–Trinajstić information content (AvgIpc) is 2.84. The monoisotopic (exact) mass is 289 g/mol. The Balaban J connectivity index is 2.03. The number of hydrogen-bond donors (Lipinski definition) is 0. The highest BCUT2D eigenvalue weighted by atomic mass is 35.5. The Morgan fingerprint density at radius 1 is 1.35 bits per heavy atom. The van der Waals surface area contributed by atoms with Crippen molar-refractivity contribution < 1.29 is 9.59 Å². The van der Waals surface area contributed by atoms with Crippen molar-refractivity contribution in [2.45, 2.75) is 19.5 Å². The van der Waals surface area contributed by atoms with Crippen LogP contribution in [0.15, 0.2) is 30.3 Å². The second-order valence-electron chi connectivity index (χ2n) is 4.75. The molecule has 102 valence electrons. The summed E-state index contributed by atoms with van der Waals surface area (Å²) in [6.45, 7) is 2.50. The van der Waals surface area contributed by atoms with Crippen molar-refractivity contribution in [3.63, 3.8) is 0 Å². The summed E-state index contributed by atoms with van der Waals surface area (Å²) >= 11 is 5.87. The number of fused-ring (bicyclic) bond motifs is 1. The summed E-state index contributed by atoms with van der Waals surface area (Å²) in [7, 11) is 0. The van der Waals surface area contributed by atoms with Crippen molar-refractivity contribution in [1.82, 2.24) is 9.78 Å². The minimum Gasteiger partial charge on any atom is -0.302 e. The molecule has 1 aromatic carbocycles. The highest BCUT2D eigenvalue weighted by Crippen LogP contribution is 2.26. The molecule has 1 unspecified atom stereocenters. The zero-order chi connectivity index (χ0) is 14.3. The van der Waals surface area contributed by atoms with Crippen LogP contribution in [-0.4, -0.2) is 28.0 Å². The van der Waals surface area contributed by atoms with Gasteiger partial charge in [-0.1, -0.05) is 11.6 Å². The number of amides is 1. The van der Waals surface area contributed by atoms with Crippen molar-refractivity contribution in [3.05, 3.63) is 46.7 Å². The molecule has 5 nitrogen and oxygen atoms in total. The number of anilines is 1. The van der Waals surface area contributed by atoms with Crippen LogP contribution in [0, 0.1) is 0 Å². The molecule has 0 spiro atoms. The van der Waals surface area contributed by atoms with Crippen LogP contribution in [-0.2, 0) is 6.54 Å². The number of hydrogen-bond acceptors (Lipinski definition) is 3. The molecule has 1 aromatic heterocycles. The second-order valence-corrected chi connectivity index (χ2v) is 5.19. The van der Waals surface area contributed by atoms with E-state index in [0.717, 1.165) is 5.69 Å². The van der Waals surface area contributed by atoms with Crippen LogP contribution in [0.4, 0.5) is 5.69 Å². The van der Waals surface area contributed by atoms with Crippen LogP contribution in [0.5, 0.6) is 0 Å². The SMILES string of the molecule is CC1Cn2nc(C=O)cc2C(=O)N1c1ccc(Cl)cc1. The Hall–Kier alpha value is -2.14. The third kappa shape index (κ3) is 2.00. The number of carbonyl (C=O) groups excluding carboxylic acids is 2. The third-order valence-electron chi connectivity index (χ3n) is 3.34. The molecule has 3 rings (SSSR count). The van der Waals surface area contributed by atoms with Gasteiger partial charge in [-0.15, -0.1) is 0 Å². The highest BCUT2D eigenvalue weighted by molar-refractivity contribution is 6.30. The zero-order valence-electron chi connectivity index (χ0n) is 10.8. The average molecular weight is 290 g/mol. The predicted octanol–water partition coefficient (Wildman–Crippen LogP) is 2.40. The normalized spacial score (nSPS) is 18.0. The first-order chi connectivity index (χ1) is 9.60. The molecule has 0 saturated heterocycles. The molecular formula is C14H12ClN3O2. The van der Waals surface area contributed by atoms with Gasteiger partial charge < -0.3 is 4.90 Å². The first kappa shape index (κ1) is 12.9. The molecule has 0 radical (unpaired) electrons. The van der Waals surface area contributed by atoms with Gasteiger partial charge in [0.05, 0.1) is 12.6 Å². The lowest BCUT2D eigenvalue weighted by Crippen LogP contribution is -2.46. The summed E-state index contributed by atoms with van der Waals surface area (Å²) in [5, 5.41) is 4.72. The van der Waals surface area contributed by atoms with Crippen molar-refractivity contribution in [1.29, 1.82) is 0 Å². The Bertz CT molecular complexity index is 678. The summed E-state index contributed by atoms with van der Waals surface area (Å²) in [6, 6.07) is 8.59. The molecule has 1 amide bonds. The molecule has 1 aliphatic heterocycles. The van der Waals surface area contributed by atoms with E-state index in [2.05, 4.69) is 5.10 Å². The van der Waals surface area contributed by atoms with Crippen LogP contribution in [0.25, 0.3) is 0 Å². The Morgan fingerprint density at radius 2 is 2.05 bits per heavy atom. The summed E-state index contributed by atoms with van der Waals surface area (Å²) in [6.07, 6.45) is 0.649. The van der Waals surface area contributed by atoms with Crippen LogP contribution >= 0.6 is 11.6 Å². The Labute approximate surface area is 120 Å². The van der Waals surface area contributed by atoms with E-state index in [1.165, 1.54) is 6.07 Å².